The van der Waals surface area contributed by atoms with Crippen LogP contribution >= 0.6 is 27.7 Å². The first-order valence-electron chi connectivity index (χ1n) is 14.0. The fourth-order valence-electron chi connectivity index (χ4n) is 6.63. The summed E-state index contributed by atoms with van der Waals surface area (Å²) in [7, 11) is 0. The number of carbonyl (C=O) groups is 3. The molecule has 10 nitrogen and oxygen atoms in total. The monoisotopic (exact) mass is 633 g/mol. The van der Waals surface area contributed by atoms with Crippen LogP contribution in [-0.4, -0.2) is 94.9 Å². The lowest BCUT2D eigenvalue weighted by molar-refractivity contribution is -0.153. The van der Waals surface area contributed by atoms with Crippen LogP contribution in [0, 0.1) is 11.8 Å². The van der Waals surface area contributed by atoms with E-state index in [2.05, 4.69) is 32.8 Å². The van der Waals surface area contributed by atoms with Crippen molar-refractivity contribution in [2.24, 2.45) is 11.8 Å². The smallest absolute Gasteiger partial charge is 0.310 e. The molecule has 12 heteroatoms. The average molecular weight is 635 g/mol. The zero-order valence-corrected chi connectivity index (χ0v) is 25.1. The summed E-state index contributed by atoms with van der Waals surface area (Å²) in [6.07, 6.45) is 5.39. The van der Waals surface area contributed by atoms with Gasteiger partial charge in [0.25, 0.3) is 0 Å². The maximum absolute atomic E-state index is 14.6. The summed E-state index contributed by atoms with van der Waals surface area (Å²) in [6, 6.07) is 6.84. The van der Waals surface area contributed by atoms with Gasteiger partial charge < -0.3 is 19.6 Å². The van der Waals surface area contributed by atoms with E-state index < -0.39 is 22.6 Å². The van der Waals surface area contributed by atoms with Gasteiger partial charge in [-0.1, -0.05) is 52.2 Å². The van der Waals surface area contributed by atoms with E-state index in [9.17, 15) is 14.4 Å². The summed E-state index contributed by atoms with van der Waals surface area (Å²) in [5, 5.41) is 17.5. The number of fused-ring (bicyclic) bond motifs is 2. The number of rotatable bonds is 13. The summed E-state index contributed by atoms with van der Waals surface area (Å²) in [4.78, 5) is 45.3. The molecule has 3 fully saturated rings. The molecule has 216 valence electrons. The van der Waals surface area contributed by atoms with Crippen LogP contribution in [0.5, 0.6) is 0 Å². The Morgan fingerprint density at radius 1 is 1.30 bits per heavy atom. The molecule has 0 aliphatic carbocycles. The summed E-state index contributed by atoms with van der Waals surface area (Å²) in [6.45, 7) is 6.87. The van der Waals surface area contributed by atoms with Crippen molar-refractivity contribution in [3.05, 3.63) is 36.9 Å². The van der Waals surface area contributed by atoms with Gasteiger partial charge in [-0.2, -0.15) is 0 Å². The standard InChI is InChI=1S/C28H36BrN5O5S/c1-3-13-32(17-34-20-12-8-7-11-19(20)30-31-34)26(37)24-28-16-18(29)23(40-28)21(27(38)39-4-2)22(28)25(36)33(24)14-9-5-6-10-15-35/h3,7-8,11-12,18,21-24,35H,1,4-6,9-10,13-17H2,2H3/t18?,21-,22+,23-,24?,28?/m1/s1. The first kappa shape index (κ1) is 29.1. The van der Waals surface area contributed by atoms with E-state index in [1.54, 1.807) is 39.2 Å². The zero-order chi connectivity index (χ0) is 28.4. The molecule has 3 unspecified atom stereocenters. The molecule has 6 atom stereocenters. The summed E-state index contributed by atoms with van der Waals surface area (Å²) >= 11 is 5.39. The molecule has 1 aromatic carbocycles. The van der Waals surface area contributed by atoms with Crippen molar-refractivity contribution in [1.82, 2.24) is 24.8 Å². The summed E-state index contributed by atoms with van der Waals surface area (Å²) < 4.78 is 6.39. The minimum absolute atomic E-state index is 0.0112. The number of unbranched alkanes of at least 4 members (excludes halogenated alkanes) is 3. The minimum Gasteiger partial charge on any atom is -0.466 e. The molecular weight excluding hydrogens is 598 g/mol. The Kier molecular flexibility index (Phi) is 8.86. The van der Waals surface area contributed by atoms with E-state index >= 15 is 0 Å². The number of hydrogen-bond acceptors (Lipinski definition) is 8. The molecule has 0 radical (unpaired) electrons. The van der Waals surface area contributed by atoms with Crippen LogP contribution in [0.15, 0.2) is 36.9 Å². The predicted molar refractivity (Wildman–Crippen MR) is 156 cm³/mol. The van der Waals surface area contributed by atoms with E-state index in [1.807, 2.05) is 24.3 Å². The molecule has 3 saturated heterocycles. The van der Waals surface area contributed by atoms with Gasteiger partial charge in [0.15, 0.2) is 0 Å². The third kappa shape index (κ3) is 4.96. The summed E-state index contributed by atoms with van der Waals surface area (Å²) in [5.41, 5.74) is 1.54. The van der Waals surface area contributed by atoms with Crippen molar-refractivity contribution >= 4 is 56.5 Å². The molecule has 3 aliphatic heterocycles. The first-order valence-corrected chi connectivity index (χ1v) is 15.7. The Bertz CT molecular complexity index is 1270. The Balaban J connectivity index is 1.49. The van der Waals surface area contributed by atoms with Crippen LogP contribution in [0.2, 0.25) is 0 Å². The number of likely N-dealkylation sites (tertiary alicyclic amines) is 1. The van der Waals surface area contributed by atoms with Crippen molar-refractivity contribution in [3.8, 4) is 0 Å². The Morgan fingerprint density at radius 2 is 2.08 bits per heavy atom. The Morgan fingerprint density at radius 3 is 2.83 bits per heavy atom. The van der Waals surface area contributed by atoms with Gasteiger partial charge in [-0.3, -0.25) is 14.4 Å². The highest BCUT2D eigenvalue weighted by Gasteiger charge is 2.76. The van der Waals surface area contributed by atoms with Crippen molar-refractivity contribution in [2.45, 2.75) is 66.6 Å². The molecule has 40 heavy (non-hydrogen) atoms. The quantitative estimate of drug-likeness (QED) is 0.155. The molecule has 2 amide bonds. The maximum atomic E-state index is 14.6. The molecule has 3 aliphatic rings. The van der Waals surface area contributed by atoms with Crippen LogP contribution in [0.3, 0.4) is 0 Å². The molecule has 1 N–H and O–H groups in total. The molecule has 4 heterocycles. The molecule has 1 aromatic heterocycles. The number of aromatic nitrogens is 3. The lowest BCUT2D eigenvalue weighted by Crippen LogP contribution is -2.55. The normalized spacial score (nSPS) is 28.7. The SMILES string of the molecule is C=CCN(Cn1nnc2ccccc21)C(=O)C1N(CCCCCCO)C(=O)[C@@H]2[C@@H](C(=O)OCC)[C@@H]3SC12CC3Br. The van der Waals surface area contributed by atoms with E-state index in [4.69, 9.17) is 9.84 Å². The van der Waals surface area contributed by atoms with E-state index in [-0.39, 0.29) is 54.3 Å². The van der Waals surface area contributed by atoms with Crippen LogP contribution in [-0.2, 0) is 25.8 Å². The highest BCUT2D eigenvalue weighted by Crippen LogP contribution is 2.68. The number of halogens is 1. The summed E-state index contributed by atoms with van der Waals surface area (Å²) in [5.74, 6) is -1.89. The van der Waals surface area contributed by atoms with Gasteiger partial charge in [0.1, 0.15) is 18.2 Å². The molecule has 1 spiro atoms. The first-order chi connectivity index (χ1) is 19.4. The van der Waals surface area contributed by atoms with Crippen LogP contribution in [0.4, 0.5) is 0 Å². The fraction of sp³-hybridized carbons (Fsp3) is 0.607. The maximum Gasteiger partial charge on any atom is 0.310 e. The molecule has 2 aromatic rings. The lowest BCUT2D eigenvalue weighted by Gasteiger charge is -2.37. The van der Waals surface area contributed by atoms with Crippen molar-refractivity contribution in [2.75, 3.05) is 26.3 Å². The number of para-hydroxylation sites is 1. The van der Waals surface area contributed by atoms with Gasteiger partial charge >= 0.3 is 5.97 Å². The minimum atomic E-state index is -0.737. The van der Waals surface area contributed by atoms with Crippen molar-refractivity contribution in [3.63, 3.8) is 0 Å². The van der Waals surface area contributed by atoms with Crippen LogP contribution in [0.25, 0.3) is 11.0 Å². The van der Waals surface area contributed by atoms with Crippen LogP contribution < -0.4 is 0 Å². The number of hydrogen-bond donors (Lipinski definition) is 1. The van der Waals surface area contributed by atoms with Crippen molar-refractivity contribution in [1.29, 1.82) is 0 Å². The number of carbonyl (C=O) groups excluding carboxylic acids is 3. The Hall–Kier alpha value is -2.44. The average Bonchev–Trinajstić information content (AvgIpc) is 3.66. The number of thioether (sulfide) groups is 1. The highest BCUT2D eigenvalue weighted by atomic mass is 79.9. The van der Waals surface area contributed by atoms with Crippen LogP contribution in [0.1, 0.15) is 39.0 Å². The second kappa shape index (κ2) is 12.2. The van der Waals surface area contributed by atoms with Gasteiger partial charge in [0, 0.05) is 29.8 Å². The number of aliphatic hydroxyl groups is 1. The van der Waals surface area contributed by atoms with Gasteiger partial charge in [-0.25, -0.2) is 4.68 Å². The second-order valence-electron chi connectivity index (χ2n) is 10.7. The van der Waals surface area contributed by atoms with Crippen molar-refractivity contribution < 1.29 is 24.2 Å². The van der Waals surface area contributed by atoms with E-state index in [0.29, 0.717) is 25.8 Å². The van der Waals surface area contributed by atoms with Gasteiger partial charge in [-0.15, -0.1) is 23.4 Å². The highest BCUT2D eigenvalue weighted by molar-refractivity contribution is 9.09. The second-order valence-corrected chi connectivity index (χ2v) is 13.4. The largest absolute Gasteiger partial charge is 0.466 e. The van der Waals surface area contributed by atoms with Gasteiger partial charge in [-0.05, 0) is 38.3 Å². The topological polar surface area (TPSA) is 118 Å². The third-order valence-electron chi connectivity index (χ3n) is 8.28. The number of alkyl halides is 1. The number of ether oxygens (including phenoxy) is 1. The fourth-order valence-corrected chi connectivity index (χ4v) is 10.2. The number of aliphatic hydroxyl groups excluding tert-OH is 1. The zero-order valence-electron chi connectivity index (χ0n) is 22.7. The number of benzene rings is 1. The third-order valence-corrected chi connectivity index (χ3v) is 11.5. The molecule has 0 saturated carbocycles. The van der Waals surface area contributed by atoms with Gasteiger partial charge in [0.2, 0.25) is 11.8 Å². The van der Waals surface area contributed by atoms with E-state index in [1.165, 1.54) is 0 Å². The predicted octanol–water partition coefficient (Wildman–Crippen LogP) is 2.98. The number of amides is 2. The molecular formula is C28H36BrN5O5S. The van der Waals surface area contributed by atoms with E-state index in [0.717, 1.165) is 23.9 Å². The molecule has 5 rings (SSSR count). The van der Waals surface area contributed by atoms with Gasteiger partial charge in [0.05, 0.1) is 28.7 Å². The lowest BCUT2D eigenvalue weighted by atomic mass is 9.71. The Labute approximate surface area is 246 Å². The molecule has 2 bridgehead atoms. The number of nitrogens with zero attached hydrogens (tertiary/aromatic N) is 5. The number of esters is 1.